The number of hydrogen-bond donors (Lipinski definition) is 2. The number of thiophene rings is 1. The van der Waals surface area contributed by atoms with E-state index in [4.69, 9.17) is 28.0 Å². The Morgan fingerprint density at radius 1 is 1.28 bits per heavy atom. The molecule has 2 N–H and O–H groups in total. The summed E-state index contributed by atoms with van der Waals surface area (Å²) in [6.07, 6.45) is 0. The number of aromatic amines is 1. The summed E-state index contributed by atoms with van der Waals surface area (Å²) < 4.78 is 1.21. The van der Waals surface area contributed by atoms with Gasteiger partial charge in [-0.1, -0.05) is 58.7 Å². The second kappa shape index (κ2) is 6.18. The number of H-pyrrole nitrogens is 1. The number of oxime groups is 1. The number of rotatable bonds is 3. The first-order valence-electron chi connectivity index (χ1n) is 7.16. The molecule has 0 fully saturated rings. The number of benzene rings is 1. The van der Waals surface area contributed by atoms with Crippen LogP contribution in [0, 0.1) is 0 Å². The fourth-order valence-electron chi connectivity index (χ4n) is 2.52. The minimum absolute atomic E-state index is 0.270. The van der Waals surface area contributed by atoms with Gasteiger partial charge in [-0.05, 0) is 6.07 Å². The Morgan fingerprint density at radius 2 is 2.04 bits per heavy atom. The third kappa shape index (κ3) is 2.80. The van der Waals surface area contributed by atoms with E-state index in [1.54, 1.807) is 18.2 Å². The van der Waals surface area contributed by atoms with Crippen molar-refractivity contribution in [3.8, 4) is 0 Å². The number of carbonyl (C=O) groups excluding carboxylic acids is 2. The highest BCUT2D eigenvalue weighted by Gasteiger charge is 2.35. The summed E-state index contributed by atoms with van der Waals surface area (Å²) in [5.74, 6) is -1.11. The zero-order chi connectivity index (χ0) is 17.6. The zero-order valence-corrected chi connectivity index (χ0v) is 14.7. The SMILES string of the molecule is O=C(NC1C(=O)ON=C1c1ccccc1)c1cc2sc(Cl)c(Cl)c2[nH]1. The number of amides is 1. The van der Waals surface area contributed by atoms with Gasteiger partial charge in [0.1, 0.15) is 15.7 Å². The smallest absolute Gasteiger partial charge is 0.349 e. The van der Waals surface area contributed by atoms with Gasteiger partial charge in [0, 0.05) is 5.56 Å². The molecule has 1 aliphatic heterocycles. The van der Waals surface area contributed by atoms with E-state index in [2.05, 4.69) is 15.5 Å². The summed E-state index contributed by atoms with van der Waals surface area (Å²) in [5, 5.41) is 6.78. The van der Waals surface area contributed by atoms with Crippen LogP contribution in [0.2, 0.25) is 9.36 Å². The highest BCUT2D eigenvalue weighted by atomic mass is 35.5. The Kier molecular flexibility index (Phi) is 3.99. The predicted molar refractivity (Wildman–Crippen MR) is 96.5 cm³/mol. The van der Waals surface area contributed by atoms with Crippen molar-refractivity contribution in [2.24, 2.45) is 5.16 Å². The normalized spacial score (nSPS) is 16.8. The van der Waals surface area contributed by atoms with E-state index in [0.29, 0.717) is 26.2 Å². The van der Waals surface area contributed by atoms with Crippen LogP contribution in [0.15, 0.2) is 41.6 Å². The Balaban J connectivity index is 1.60. The quantitative estimate of drug-likeness (QED) is 0.666. The van der Waals surface area contributed by atoms with E-state index in [9.17, 15) is 9.59 Å². The lowest BCUT2D eigenvalue weighted by Crippen LogP contribution is -2.44. The molecule has 0 saturated heterocycles. The first-order chi connectivity index (χ1) is 12.0. The van der Waals surface area contributed by atoms with Crippen LogP contribution in [0.4, 0.5) is 0 Å². The van der Waals surface area contributed by atoms with Gasteiger partial charge in [0.25, 0.3) is 5.91 Å². The third-order valence-electron chi connectivity index (χ3n) is 3.71. The van der Waals surface area contributed by atoms with Gasteiger partial charge >= 0.3 is 5.97 Å². The summed E-state index contributed by atoms with van der Waals surface area (Å²) in [5.41, 5.74) is 1.91. The Morgan fingerprint density at radius 3 is 2.76 bits per heavy atom. The lowest BCUT2D eigenvalue weighted by atomic mass is 10.0. The number of carbonyl (C=O) groups is 2. The van der Waals surface area contributed by atoms with Gasteiger partial charge in [-0.2, -0.15) is 0 Å². The summed E-state index contributed by atoms with van der Waals surface area (Å²) in [7, 11) is 0. The van der Waals surface area contributed by atoms with Crippen LogP contribution in [0.5, 0.6) is 0 Å². The predicted octanol–water partition coefficient (Wildman–Crippen LogP) is 3.60. The molecule has 0 aliphatic carbocycles. The minimum atomic E-state index is -0.977. The summed E-state index contributed by atoms with van der Waals surface area (Å²) >= 11 is 13.3. The number of hydrogen-bond acceptors (Lipinski definition) is 5. The van der Waals surface area contributed by atoms with Gasteiger partial charge in [0.05, 0.1) is 15.2 Å². The van der Waals surface area contributed by atoms with E-state index in [-0.39, 0.29) is 5.69 Å². The standard InChI is InChI=1S/C16H9Cl2N3O3S/c17-10-12-9(25-14(10)18)6-8(19-12)15(22)20-13-11(21-24-16(13)23)7-4-2-1-3-5-7/h1-6,13,19H,(H,20,22). The van der Waals surface area contributed by atoms with E-state index in [1.807, 2.05) is 18.2 Å². The Labute approximate surface area is 155 Å². The molecule has 1 unspecified atom stereocenters. The molecule has 126 valence electrons. The van der Waals surface area contributed by atoms with Gasteiger partial charge in [-0.15, -0.1) is 11.3 Å². The average molecular weight is 394 g/mol. The Bertz CT molecular complexity index is 1030. The van der Waals surface area contributed by atoms with E-state index in [0.717, 1.165) is 4.70 Å². The molecule has 0 bridgehead atoms. The van der Waals surface area contributed by atoms with Crippen molar-refractivity contribution in [1.29, 1.82) is 0 Å². The average Bonchev–Trinajstić information content (AvgIpc) is 3.26. The molecule has 3 aromatic rings. The lowest BCUT2D eigenvalue weighted by Gasteiger charge is -2.11. The maximum Gasteiger partial charge on any atom is 0.363 e. The van der Waals surface area contributed by atoms with Gasteiger partial charge in [-0.25, -0.2) is 4.79 Å². The van der Waals surface area contributed by atoms with Crippen LogP contribution in [-0.4, -0.2) is 28.6 Å². The van der Waals surface area contributed by atoms with Gasteiger partial charge in [0.15, 0.2) is 6.04 Å². The molecule has 1 aromatic carbocycles. The second-order valence-corrected chi connectivity index (χ2v) is 7.30. The minimum Gasteiger partial charge on any atom is -0.349 e. The van der Waals surface area contributed by atoms with E-state index in [1.165, 1.54) is 11.3 Å². The van der Waals surface area contributed by atoms with Gasteiger partial charge in [0.2, 0.25) is 0 Å². The highest BCUT2D eigenvalue weighted by Crippen LogP contribution is 2.38. The van der Waals surface area contributed by atoms with Crippen molar-refractivity contribution in [2.75, 3.05) is 0 Å². The molecule has 0 radical (unpaired) electrons. The lowest BCUT2D eigenvalue weighted by molar-refractivity contribution is -0.141. The molecule has 1 atom stereocenters. The highest BCUT2D eigenvalue weighted by molar-refractivity contribution is 7.23. The molecule has 0 saturated carbocycles. The number of halogens is 2. The monoisotopic (exact) mass is 393 g/mol. The van der Waals surface area contributed by atoms with Crippen molar-refractivity contribution in [1.82, 2.24) is 10.3 Å². The van der Waals surface area contributed by atoms with E-state index < -0.39 is 17.9 Å². The number of aromatic nitrogens is 1. The summed E-state index contributed by atoms with van der Waals surface area (Å²) in [4.78, 5) is 32.1. The van der Waals surface area contributed by atoms with Crippen LogP contribution >= 0.6 is 34.5 Å². The maximum atomic E-state index is 12.5. The second-order valence-electron chi connectivity index (χ2n) is 5.27. The van der Waals surface area contributed by atoms with Crippen LogP contribution < -0.4 is 5.32 Å². The molecule has 1 aliphatic rings. The topological polar surface area (TPSA) is 83.6 Å². The zero-order valence-electron chi connectivity index (χ0n) is 12.4. The fourth-order valence-corrected chi connectivity index (χ4v) is 4.00. The van der Waals surface area contributed by atoms with Crippen molar-refractivity contribution >= 4 is 62.3 Å². The molecule has 0 spiro atoms. The van der Waals surface area contributed by atoms with E-state index >= 15 is 0 Å². The van der Waals surface area contributed by atoms with Crippen LogP contribution in [-0.2, 0) is 9.63 Å². The molecule has 1 amide bonds. The van der Waals surface area contributed by atoms with Crippen molar-refractivity contribution in [3.05, 3.63) is 57.0 Å². The number of fused-ring (bicyclic) bond motifs is 1. The molecule has 6 nitrogen and oxygen atoms in total. The third-order valence-corrected chi connectivity index (χ3v) is 5.64. The largest absolute Gasteiger partial charge is 0.363 e. The van der Waals surface area contributed by atoms with Crippen LogP contribution in [0.1, 0.15) is 16.1 Å². The first-order valence-corrected chi connectivity index (χ1v) is 8.73. The summed E-state index contributed by atoms with van der Waals surface area (Å²) in [6.45, 7) is 0. The molecule has 2 aromatic heterocycles. The summed E-state index contributed by atoms with van der Waals surface area (Å²) in [6, 6.07) is 9.69. The molecule has 3 heterocycles. The first kappa shape index (κ1) is 16.1. The number of nitrogens with one attached hydrogen (secondary N) is 2. The Hall–Kier alpha value is -2.35. The molecule has 9 heteroatoms. The van der Waals surface area contributed by atoms with Crippen LogP contribution in [0.25, 0.3) is 10.2 Å². The van der Waals surface area contributed by atoms with Crippen molar-refractivity contribution in [3.63, 3.8) is 0 Å². The number of nitrogens with zero attached hydrogens (tertiary/aromatic N) is 1. The van der Waals surface area contributed by atoms with Gasteiger partial charge in [-0.3, -0.25) is 4.79 Å². The maximum absolute atomic E-state index is 12.5. The molecule has 25 heavy (non-hydrogen) atoms. The van der Waals surface area contributed by atoms with Gasteiger partial charge < -0.3 is 15.1 Å². The van der Waals surface area contributed by atoms with Crippen LogP contribution in [0.3, 0.4) is 0 Å². The fraction of sp³-hybridized carbons (Fsp3) is 0.0625. The molecular weight excluding hydrogens is 385 g/mol. The molecular formula is C16H9Cl2N3O3S. The molecule has 4 rings (SSSR count). The van der Waals surface area contributed by atoms with Crippen molar-refractivity contribution in [2.45, 2.75) is 6.04 Å². The van der Waals surface area contributed by atoms with Crippen molar-refractivity contribution < 1.29 is 14.4 Å².